The van der Waals surface area contributed by atoms with Crippen LogP contribution in [0, 0.1) is 0 Å². The van der Waals surface area contributed by atoms with Crippen LogP contribution >= 0.6 is 0 Å². The van der Waals surface area contributed by atoms with Gasteiger partial charge in [-0.05, 0) is 50.2 Å². The quantitative estimate of drug-likeness (QED) is 0.836. The van der Waals surface area contributed by atoms with Gasteiger partial charge >= 0.3 is 0 Å². The molecule has 1 heterocycles. The topological polar surface area (TPSA) is 35.5 Å². The monoisotopic (exact) mass is 234 g/mol. The van der Waals surface area contributed by atoms with Gasteiger partial charge in [-0.1, -0.05) is 19.1 Å². The lowest BCUT2D eigenvalue weighted by atomic mass is 10.0. The van der Waals surface area contributed by atoms with Crippen LogP contribution in [0.4, 0.5) is 0 Å². The number of nitrogens with zero attached hydrogens (tertiary/aromatic N) is 1. The normalized spacial score (nSPS) is 17.5. The van der Waals surface area contributed by atoms with Gasteiger partial charge in [0.2, 0.25) is 0 Å². The summed E-state index contributed by atoms with van der Waals surface area (Å²) in [6, 6.07) is 8.27. The number of aromatic hydroxyl groups is 1. The van der Waals surface area contributed by atoms with E-state index in [1.54, 1.807) is 12.1 Å². The van der Waals surface area contributed by atoms with Crippen molar-refractivity contribution in [3.05, 3.63) is 29.8 Å². The van der Waals surface area contributed by atoms with Crippen LogP contribution < -0.4 is 5.32 Å². The fourth-order valence-electron chi connectivity index (χ4n) is 2.51. The van der Waals surface area contributed by atoms with Crippen LogP contribution in [0.1, 0.15) is 25.3 Å². The molecule has 0 saturated carbocycles. The summed E-state index contributed by atoms with van der Waals surface area (Å²) in [5.74, 6) is 0.346. The maximum absolute atomic E-state index is 9.27. The summed E-state index contributed by atoms with van der Waals surface area (Å²) < 4.78 is 0. The number of phenolic OH excluding ortho intramolecular Hbond substituents is 1. The second kappa shape index (κ2) is 6.03. The molecule has 3 nitrogen and oxygen atoms in total. The zero-order valence-electron chi connectivity index (χ0n) is 10.5. The first-order chi connectivity index (χ1) is 8.29. The van der Waals surface area contributed by atoms with Crippen LogP contribution in [-0.2, 0) is 6.54 Å². The maximum atomic E-state index is 9.27. The lowest BCUT2D eigenvalue weighted by Crippen LogP contribution is -2.42. The van der Waals surface area contributed by atoms with Crippen molar-refractivity contribution in [1.29, 1.82) is 0 Å². The molecule has 1 aromatic carbocycles. The highest BCUT2D eigenvalue weighted by Gasteiger charge is 2.19. The van der Waals surface area contributed by atoms with E-state index in [9.17, 15) is 5.11 Å². The first kappa shape index (κ1) is 12.4. The SMILES string of the molecule is CCN(Cc1ccc(O)cc1)C1CCNCC1. The van der Waals surface area contributed by atoms with Crippen molar-refractivity contribution < 1.29 is 5.11 Å². The Balaban J connectivity index is 1.96. The summed E-state index contributed by atoms with van der Waals surface area (Å²) >= 11 is 0. The third kappa shape index (κ3) is 3.45. The third-order valence-corrected chi connectivity index (χ3v) is 3.55. The Bertz CT molecular complexity index is 331. The number of rotatable bonds is 4. The average molecular weight is 234 g/mol. The van der Waals surface area contributed by atoms with E-state index in [-0.39, 0.29) is 0 Å². The Labute approximate surface area is 103 Å². The van der Waals surface area contributed by atoms with Crippen LogP contribution in [0.15, 0.2) is 24.3 Å². The minimum absolute atomic E-state index is 0.346. The fraction of sp³-hybridized carbons (Fsp3) is 0.571. The van der Waals surface area contributed by atoms with E-state index in [4.69, 9.17) is 0 Å². The standard InChI is InChI=1S/C14H22N2O/c1-2-16(13-7-9-15-10-8-13)11-12-3-5-14(17)6-4-12/h3-6,13,15,17H,2,7-11H2,1H3. The van der Waals surface area contributed by atoms with E-state index >= 15 is 0 Å². The summed E-state index contributed by atoms with van der Waals surface area (Å²) in [7, 11) is 0. The second-order valence-electron chi connectivity index (χ2n) is 4.71. The second-order valence-corrected chi connectivity index (χ2v) is 4.71. The van der Waals surface area contributed by atoms with Gasteiger partial charge in [-0.3, -0.25) is 4.90 Å². The molecule has 0 atom stereocenters. The van der Waals surface area contributed by atoms with Crippen LogP contribution in [0.25, 0.3) is 0 Å². The smallest absolute Gasteiger partial charge is 0.115 e. The van der Waals surface area contributed by atoms with Crippen LogP contribution in [0.5, 0.6) is 5.75 Å². The van der Waals surface area contributed by atoms with Gasteiger partial charge in [0, 0.05) is 12.6 Å². The summed E-state index contributed by atoms with van der Waals surface area (Å²) in [5, 5.41) is 12.7. The van der Waals surface area contributed by atoms with Crippen LogP contribution in [-0.4, -0.2) is 35.7 Å². The number of phenols is 1. The molecule has 94 valence electrons. The van der Waals surface area contributed by atoms with Gasteiger partial charge in [-0.2, -0.15) is 0 Å². The third-order valence-electron chi connectivity index (χ3n) is 3.55. The first-order valence-corrected chi connectivity index (χ1v) is 6.52. The lowest BCUT2D eigenvalue weighted by Gasteiger charge is -2.33. The molecule has 0 radical (unpaired) electrons. The molecule has 0 bridgehead atoms. The Morgan fingerprint density at radius 3 is 2.47 bits per heavy atom. The van der Waals surface area contributed by atoms with Crippen LogP contribution in [0.3, 0.4) is 0 Å². The Morgan fingerprint density at radius 2 is 1.88 bits per heavy atom. The molecule has 1 fully saturated rings. The van der Waals surface area contributed by atoms with E-state index in [2.05, 4.69) is 17.1 Å². The molecule has 1 aliphatic heterocycles. The summed E-state index contributed by atoms with van der Waals surface area (Å²) in [6.45, 7) is 6.57. The van der Waals surface area contributed by atoms with Crippen molar-refractivity contribution in [1.82, 2.24) is 10.2 Å². The Kier molecular flexibility index (Phi) is 4.40. The lowest BCUT2D eigenvalue weighted by molar-refractivity contribution is 0.162. The van der Waals surface area contributed by atoms with E-state index < -0.39 is 0 Å². The van der Waals surface area contributed by atoms with Crippen molar-refractivity contribution >= 4 is 0 Å². The number of benzene rings is 1. The van der Waals surface area contributed by atoms with E-state index in [0.717, 1.165) is 26.2 Å². The van der Waals surface area contributed by atoms with Gasteiger partial charge in [0.05, 0.1) is 0 Å². The van der Waals surface area contributed by atoms with Gasteiger partial charge in [-0.25, -0.2) is 0 Å². The number of piperidine rings is 1. The minimum atomic E-state index is 0.346. The van der Waals surface area contributed by atoms with Gasteiger partial charge in [0.1, 0.15) is 5.75 Å². The minimum Gasteiger partial charge on any atom is -0.508 e. The molecule has 3 heteroatoms. The molecule has 1 saturated heterocycles. The molecule has 0 aromatic heterocycles. The molecule has 0 unspecified atom stereocenters. The Hall–Kier alpha value is -1.06. The van der Waals surface area contributed by atoms with Crippen molar-refractivity contribution in [2.45, 2.75) is 32.4 Å². The zero-order chi connectivity index (χ0) is 12.1. The van der Waals surface area contributed by atoms with Gasteiger partial charge in [0.15, 0.2) is 0 Å². The van der Waals surface area contributed by atoms with E-state index in [0.29, 0.717) is 11.8 Å². The summed E-state index contributed by atoms with van der Waals surface area (Å²) in [4.78, 5) is 2.53. The fourth-order valence-corrected chi connectivity index (χ4v) is 2.51. The molecule has 1 aromatic rings. The predicted molar refractivity (Wildman–Crippen MR) is 70.1 cm³/mol. The van der Waals surface area contributed by atoms with Crippen molar-refractivity contribution in [2.24, 2.45) is 0 Å². The average Bonchev–Trinajstić information content (AvgIpc) is 2.39. The highest BCUT2D eigenvalue weighted by molar-refractivity contribution is 5.25. The zero-order valence-corrected chi connectivity index (χ0v) is 10.5. The molecular formula is C14H22N2O. The van der Waals surface area contributed by atoms with Crippen LogP contribution in [0.2, 0.25) is 0 Å². The predicted octanol–water partition coefficient (Wildman–Crippen LogP) is 1.97. The van der Waals surface area contributed by atoms with Gasteiger partial charge in [-0.15, -0.1) is 0 Å². The first-order valence-electron chi connectivity index (χ1n) is 6.52. The Morgan fingerprint density at radius 1 is 1.24 bits per heavy atom. The van der Waals surface area contributed by atoms with E-state index in [1.165, 1.54) is 18.4 Å². The molecule has 2 N–H and O–H groups in total. The van der Waals surface area contributed by atoms with E-state index in [1.807, 2.05) is 12.1 Å². The van der Waals surface area contributed by atoms with Crippen molar-refractivity contribution in [3.63, 3.8) is 0 Å². The molecular weight excluding hydrogens is 212 g/mol. The highest BCUT2D eigenvalue weighted by atomic mass is 16.3. The molecule has 0 aliphatic carbocycles. The molecule has 2 rings (SSSR count). The maximum Gasteiger partial charge on any atom is 0.115 e. The summed E-state index contributed by atoms with van der Waals surface area (Å²) in [5.41, 5.74) is 1.28. The molecule has 17 heavy (non-hydrogen) atoms. The largest absolute Gasteiger partial charge is 0.508 e. The number of nitrogens with one attached hydrogen (secondary N) is 1. The van der Waals surface area contributed by atoms with Crippen molar-refractivity contribution in [2.75, 3.05) is 19.6 Å². The van der Waals surface area contributed by atoms with Gasteiger partial charge < -0.3 is 10.4 Å². The summed E-state index contributed by atoms with van der Waals surface area (Å²) in [6.07, 6.45) is 2.48. The molecule has 1 aliphatic rings. The van der Waals surface area contributed by atoms with Gasteiger partial charge in [0.25, 0.3) is 0 Å². The number of hydrogen-bond acceptors (Lipinski definition) is 3. The number of hydrogen-bond donors (Lipinski definition) is 2. The van der Waals surface area contributed by atoms with Crippen molar-refractivity contribution in [3.8, 4) is 5.75 Å². The highest BCUT2D eigenvalue weighted by Crippen LogP contribution is 2.17. The molecule has 0 amide bonds. The molecule has 0 spiro atoms.